The van der Waals surface area contributed by atoms with Crippen molar-refractivity contribution in [3.63, 3.8) is 0 Å². The van der Waals surface area contributed by atoms with Crippen LogP contribution in [0.15, 0.2) is 69.9 Å². The second kappa shape index (κ2) is 7.94. The summed E-state index contributed by atoms with van der Waals surface area (Å²) in [7, 11) is 0. The third-order valence-corrected chi connectivity index (χ3v) is 4.70. The van der Waals surface area contributed by atoms with Gasteiger partial charge in [0.15, 0.2) is 5.17 Å². The number of benzene rings is 1. The van der Waals surface area contributed by atoms with Gasteiger partial charge in [0.05, 0.1) is 17.7 Å². The van der Waals surface area contributed by atoms with Crippen molar-refractivity contribution >= 4 is 29.1 Å². The molecular weight excluding hydrogens is 341 g/mol. The predicted octanol–water partition coefficient (Wildman–Crippen LogP) is 3.48. The van der Waals surface area contributed by atoms with E-state index in [1.54, 1.807) is 41.5 Å². The van der Waals surface area contributed by atoms with Crippen LogP contribution in [0.2, 0.25) is 0 Å². The van der Waals surface area contributed by atoms with Crippen molar-refractivity contribution < 1.29 is 13.6 Å². The van der Waals surface area contributed by atoms with Gasteiger partial charge in [-0.15, -0.1) is 11.7 Å². The van der Waals surface area contributed by atoms with Gasteiger partial charge in [0.25, 0.3) is 0 Å². The number of nitrogens with zero attached hydrogens (tertiary/aromatic N) is 3. The van der Waals surface area contributed by atoms with Crippen molar-refractivity contribution in [3.05, 3.63) is 72.5 Å². The Balaban J connectivity index is 1.74. The maximum Gasteiger partial charge on any atom is 0.242 e. The van der Waals surface area contributed by atoms with E-state index in [-0.39, 0.29) is 17.0 Å². The van der Waals surface area contributed by atoms with Crippen LogP contribution in [0.4, 0.5) is 4.39 Å². The molecule has 25 heavy (non-hydrogen) atoms. The SMILES string of the molecule is C=CCN1C(=O)C(Cc2ccc(F)cc2)S/C1=N\N=C\c1ccco1. The van der Waals surface area contributed by atoms with Crippen LogP contribution in [0.1, 0.15) is 11.3 Å². The van der Waals surface area contributed by atoms with Gasteiger partial charge in [-0.05, 0) is 36.2 Å². The molecule has 1 aromatic carbocycles. The van der Waals surface area contributed by atoms with Gasteiger partial charge in [-0.2, -0.15) is 5.10 Å². The van der Waals surface area contributed by atoms with E-state index < -0.39 is 0 Å². The minimum absolute atomic E-state index is 0.0545. The van der Waals surface area contributed by atoms with E-state index >= 15 is 0 Å². The summed E-state index contributed by atoms with van der Waals surface area (Å²) in [5.41, 5.74) is 0.895. The maximum atomic E-state index is 13.0. The van der Waals surface area contributed by atoms with E-state index in [1.807, 2.05) is 0 Å². The molecule has 1 atom stereocenters. The zero-order chi connectivity index (χ0) is 17.6. The molecule has 0 saturated carbocycles. The standard InChI is InChI=1S/C18H16FN3O2S/c1-2-9-22-17(23)16(11-13-5-7-14(19)8-6-13)25-18(22)21-20-12-15-4-3-10-24-15/h2-8,10,12,16H,1,9,11H2/b20-12+,21-18-. The molecule has 0 radical (unpaired) electrons. The zero-order valence-electron chi connectivity index (χ0n) is 13.3. The van der Waals surface area contributed by atoms with Crippen LogP contribution in [0.3, 0.4) is 0 Å². The number of furan rings is 1. The number of amides is 1. The highest BCUT2D eigenvalue weighted by Crippen LogP contribution is 2.30. The molecule has 1 aromatic heterocycles. The van der Waals surface area contributed by atoms with Gasteiger partial charge in [-0.1, -0.05) is 30.0 Å². The zero-order valence-corrected chi connectivity index (χ0v) is 14.2. The largest absolute Gasteiger partial charge is 0.463 e. The Morgan fingerprint density at radius 2 is 2.12 bits per heavy atom. The summed E-state index contributed by atoms with van der Waals surface area (Å²) in [6, 6.07) is 9.67. The molecule has 2 aromatic rings. The van der Waals surface area contributed by atoms with E-state index in [0.29, 0.717) is 23.9 Å². The van der Waals surface area contributed by atoms with Gasteiger partial charge in [0.2, 0.25) is 5.91 Å². The second-order valence-electron chi connectivity index (χ2n) is 5.32. The molecule has 2 heterocycles. The molecule has 3 rings (SSSR count). The molecule has 0 N–H and O–H groups in total. The average Bonchev–Trinajstić information content (AvgIpc) is 3.21. The number of carbonyl (C=O) groups is 1. The molecule has 0 spiro atoms. The van der Waals surface area contributed by atoms with Crippen LogP contribution in [0, 0.1) is 5.82 Å². The molecule has 1 aliphatic rings. The molecule has 5 nitrogen and oxygen atoms in total. The topological polar surface area (TPSA) is 58.2 Å². The van der Waals surface area contributed by atoms with E-state index in [4.69, 9.17) is 4.42 Å². The first-order chi connectivity index (χ1) is 12.2. The van der Waals surface area contributed by atoms with E-state index in [2.05, 4.69) is 16.8 Å². The van der Waals surface area contributed by atoms with E-state index in [9.17, 15) is 9.18 Å². The van der Waals surface area contributed by atoms with Crippen LogP contribution in [0.5, 0.6) is 0 Å². The lowest BCUT2D eigenvalue weighted by Crippen LogP contribution is -2.32. The third kappa shape index (κ3) is 4.24. The molecule has 7 heteroatoms. The highest BCUT2D eigenvalue weighted by atomic mass is 32.2. The Hall–Kier alpha value is -2.67. The summed E-state index contributed by atoms with van der Waals surface area (Å²) < 4.78 is 18.2. The van der Waals surface area contributed by atoms with Gasteiger partial charge in [-0.3, -0.25) is 9.69 Å². The normalized spacial score (nSPS) is 19.2. The lowest BCUT2D eigenvalue weighted by molar-refractivity contribution is -0.125. The number of halogens is 1. The number of carbonyl (C=O) groups excluding carboxylic acids is 1. The van der Waals surface area contributed by atoms with Crippen molar-refractivity contribution in [1.82, 2.24) is 4.90 Å². The quantitative estimate of drug-likeness (QED) is 0.452. The Bertz CT molecular complexity index is 800. The number of hydrogen-bond acceptors (Lipinski definition) is 5. The Morgan fingerprint density at radius 1 is 1.32 bits per heavy atom. The van der Waals surface area contributed by atoms with Crippen LogP contribution < -0.4 is 0 Å². The Labute approximate surface area is 148 Å². The van der Waals surface area contributed by atoms with Gasteiger partial charge >= 0.3 is 0 Å². The first-order valence-corrected chi connectivity index (χ1v) is 8.53. The van der Waals surface area contributed by atoms with Crippen molar-refractivity contribution in [2.75, 3.05) is 6.54 Å². The van der Waals surface area contributed by atoms with Crippen LogP contribution in [0.25, 0.3) is 0 Å². The van der Waals surface area contributed by atoms with E-state index in [1.165, 1.54) is 30.1 Å². The molecule has 128 valence electrons. The van der Waals surface area contributed by atoms with Crippen molar-refractivity contribution in [2.45, 2.75) is 11.7 Å². The number of hydrogen-bond donors (Lipinski definition) is 0. The Kier molecular flexibility index (Phi) is 5.45. The number of amidine groups is 1. The molecule has 1 saturated heterocycles. The van der Waals surface area contributed by atoms with Gasteiger partial charge in [0, 0.05) is 6.54 Å². The fraction of sp³-hybridized carbons (Fsp3) is 0.167. The molecule has 1 aliphatic heterocycles. The number of thioether (sulfide) groups is 1. The molecule has 1 unspecified atom stereocenters. The first kappa shape index (κ1) is 17.2. The fourth-order valence-corrected chi connectivity index (χ4v) is 3.49. The minimum Gasteiger partial charge on any atom is -0.463 e. The highest BCUT2D eigenvalue weighted by Gasteiger charge is 2.37. The van der Waals surface area contributed by atoms with Crippen LogP contribution in [-0.2, 0) is 11.2 Å². The van der Waals surface area contributed by atoms with Crippen molar-refractivity contribution in [1.29, 1.82) is 0 Å². The van der Waals surface area contributed by atoms with Crippen LogP contribution in [-0.4, -0.2) is 34.0 Å². The van der Waals surface area contributed by atoms with Gasteiger partial charge < -0.3 is 4.42 Å². The summed E-state index contributed by atoms with van der Waals surface area (Å²) >= 11 is 1.34. The summed E-state index contributed by atoms with van der Waals surface area (Å²) in [5, 5.41) is 8.32. The Morgan fingerprint density at radius 3 is 2.80 bits per heavy atom. The molecule has 1 amide bonds. The summed E-state index contributed by atoms with van der Waals surface area (Å²) in [5.74, 6) is 0.231. The molecule has 1 fully saturated rings. The summed E-state index contributed by atoms with van der Waals surface area (Å²) in [4.78, 5) is 14.1. The van der Waals surface area contributed by atoms with Gasteiger partial charge in [0.1, 0.15) is 11.6 Å². The molecular formula is C18H16FN3O2S. The molecule has 0 aliphatic carbocycles. The fourth-order valence-electron chi connectivity index (χ4n) is 2.35. The summed E-state index contributed by atoms with van der Waals surface area (Å²) in [6.07, 6.45) is 5.17. The van der Waals surface area contributed by atoms with Crippen molar-refractivity contribution in [3.8, 4) is 0 Å². The van der Waals surface area contributed by atoms with Crippen molar-refractivity contribution in [2.24, 2.45) is 10.2 Å². The molecule has 0 bridgehead atoms. The van der Waals surface area contributed by atoms with Crippen LogP contribution >= 0.6 is 11.8 Å². The average molecular weight is 357 g/mol. The smallest absolute Gasteiger partial charge is 0.242 e. The second-order valence-corrected chi connectivity index (χ2v) is 6.49. The monoisotopic (exact) mass is 357 g/mol. The lowest BCUT2D eigenvalue weighted by atomic mass is 10.1. The first-order valence-electron chi connectivity index (χ1n) is 7.65. The maximum absolute atomic E-state index is 13.0. The number of rotatable bonds is 6. The van der Waals surface area contributed by atoms with Gasteiger partial charge in [-0.25, -0.2) is 4.39 Å². The minimum atomic E-state index is -0.317. The lowest BCUT2D eigenvalue weighted by Gasteiger charge is -2.12. The third-order valence-electron chi connectivity index (χ3n) is 3.54. The predicted molar refractivity (Wildman–Crippen MR) is 97.1 cm³/mol. The summed E-state index contributed by atoms with van der Waals surface area (Å²) in [6.45, 7) is 4.04. The highest BCUT2D eigenvalue weighted by molar-refractivity contribution is 8.15. The van der Waals surface area contributed by atoms with E-state index in [0.717, 1.165) is 5.56 Å².